The Hall–Kier alpha value is -1.61. The van der Waals surface area contributed by atoms with Gasteiger partial charge in [-0.05, 0) is 31.2 Å². The first-order valence-electron chi connectivity index (χ1n) is 7.55. The van der Waals surface area contributed by atoms with Gasteiger partial charge in [-0.15, -0.1) is 0 Å². The van der Waals surface area contributed by atoms with Crippen LogP contribution in [0.4, 0.5) is 0 Å². The molecule has 0 spiro atoms. The van der Waals surface area contributed by atoms with Crippen LogP contribution in [0.5, 0.6) is 0 Å². The predicted molar refractivity (Wildman–Crippen MR) is 80.4 cm³/mol. The maximum atomic E-state index is 5.78. The van der Waals surface area contributed by atoms with Crippen molar-refractivity contribution in [2.75, 3.05) is 0 Å². The van der Waals surface area contributed by atoms with Crippen LogP contribution in [0.25, 0.3) is 11.3 Å². The minimum atomic E-state index is 0.467. The molecule has 2 N–H and O–H groups in total. The van der Waals surface area contributed by atoms with E-state index >= 15 is 0 Å². The van der Waals surface area contributed by atoms with Gasteiger partial charge in [-0.3, -0.25) is 0 Å². The summed E-state index contributed by atoms with van der Waals surface area (Å²) in [7, 11) is 0. The fraction of sp³-hybridized carbons (Fsp3) is 0.471. The highest BCUT2D eigenvalue weighted by Crippen LogP contribution is 2.34. The molecule has 3 rings (SSSR count). The minimum absolute atomic E-state index is 0.467. The quantitative estimate of drug-likeness (QED) is 0.911. The maximum absolute atomic E-state index is 5.78. The Labute approximate surface area is 120 Å². The van der Waals surface area contributed by atoms with Crippen molar-refractivity contribution in [3.05, 3.63) is 41.2 Å². The van der Waals surface area contributed by atoms with E-state index in [1.807, 2.05) is 6.92 Å². The second-order valence-corrected chi connectivity index (χ2v) is 5.73. The molecule has 1 aliphatic carbocycles. The molecule has 3 heteroatoms. The van der Waals surface area contributed by atoms with Crippen LogP contribution in [0.3, 0.4) is 0 Å². The van der Waals surface area contributed by atoms with E-state index in [9.17, 15) is 0 Å². The summed E-state index contributed by atoms with van der Waals surface area (Å²) < 4.78 is 5.26. The molecular weight excluding hydrogens is 248 g/mol. The van der Waals surface area contributed by atoms with Gasteiger partial charge >= 0.3 is 0 Å². The van der Waals surface area contributed by atoms with Crippen LogP contribution in [0.15, 0.2) is 28.8 Å². The summed E-state index contributed by atoms with van der Waals surface area (Å²) in [6.07, 6.45) is 6.79. The van der Waals surface area contributed by atoms with Crippen LogP contribution in [0.2, 0.25) is 0 Å². The number of nitrogens with zero attached hydrogens (tertiary/aromatic N) is 1. The van der Waals surface area contributed by atoms with Crippen molar-refractivity contribution >= 4 is 0 Å². The average Bonchev–Trinajstić information content (AvgIpc) is 2.89. The average molecular weight is 270 g/mol. The molecule has 0 aliphatic heterocycles. The van der Waals surface area contributed by atoms with Gasteiger partial charge < -0.3 is 10.3 Å². The highest BCUT2D eigenvalue weighted by Gasteiger charge is 2.17. The van der Waals surface area contributed by atoms with Crippen LogP contribution >= 0.6 is 0 Å². The lowest BCUT2D eigenvalue weighted by atomic mass is 9.84. The number of rotatable bonds is 3. The Balaban J connectivity index is 1.85. The monoisotopic (exact) mass is 270 g/mol. The van der Waals surface area contributed by atoms with Gasteiger partial charge in [0, 0.05) is 17.7 Å². The van der Waals surface area contributed by atoms with Gasteiger partial charge in [0.05, 0.1) is 0 Å². The molecule has 1 aliphatic rings. The van der Waals surface area contributed by atoms with Crippen molar-refractivity contribution in [3.8, 4) is 11.3 Å². The Bertz CT molecular complexity index is 565. The Kier molecular flexibility index (Phi) is 3.88. The van der Waals surface area contributed by atoms with E-state index in [0.29, 0.717) is 6.54 Å². The fourth-order valence-corrected chi connectivity index (χ4v) is 3.21. The van der Waals surface area contributed by atoms with Crippen molar-refractivity contribution in [2.24, 2.45) is 5.73 Å². The number of hydrogen-bond donors (Lipinski definition) is 1. The summed E-state index contributed by atoms with van der Waals surface area (Å²) in [6.45, 7) is 2.38. The molecule has 0 bridgehead atoms. The second-order valence-electron chi connectivity index (χ2n) is 5.73. The zero-order valence-electron chi connectivity index (χ0n) is 12.1. The van der Waals surface area contributed by atoms with Crippen LogP contribution < -0.4 is 5.73 Å². The first kappa shape index (κ1) is 13.4. The lowest BCUT2D eigenvalue weighted by Crippen LogP contribution is -2.04. The smallest absolute Gasteiger partial charge is 0.138 e. The van der Waals surface area contributed by atoms with Crippen LogP contribution in [-0.4, -0.2) is 5.16 Å². The van der Waals surface area contributed by atoms with Crippen LogP contribution in [0.1, 0.15) is 54.9 Å². The molecule has 0 radical (unpaired) electrons. The Morgan fingerprint density at radius 1 is 1.15 bits per heavy atom. The third-order valence-electron chi connectivity index (χ3n) is 4.45. The van der Waals surface area contributed by atoms with Crippen molar-refractivity contribution in [2.45, 2.75) is 51.5 Å². The van der Waals surface area contributed by atoms with Gasteiger partial charge in [0.2, 0.25) is 0 Å². The van der Waals surface area contributed by atoms with Crippen molar-refractivity contribution in [1.29, 1.82) is 0 Å². The standard InChI is InChI=1S/C17H22N2O/c1-12-16(11-18)17(19-20-12)15-9-7-14(8-10-15)13-5-3-2-4-6-13/h7-10,13H,2-6,11,18H2,1H3. The van der Waals surface area contributed by atoms with E-state index in [2.05, 4.69) is 29.4 Å². The molecule has 1 saturated carbocycles. The molecule has 106 valence electrons. The molecule has 0 atom stereocenters. The van der Waals surface area contributed by atoms with Gasteiger partial charge in [0.15, 0.2) is 0 Å². The summed E-state index contributed by atoms with van der Waals surface area (Å²) in [4.78, 5) is 0. The Morgan fingerprint density at radius 2 is 1.85 bits per heavy atom. The summed E-state index contributed by atoms with van der Waals surface area (Å²) in [5.41, 5.74) is 10.2. The van der Waals surface area contributed by atoms with E-state index in [1.54, 1.807) is 0 Å². The molecule has 1 fully saturated rings. The number of aryl methyl sites for hydroxylation is 1. The molecule has 2 aromatic rings. The highest BCUT2D eigenvalue weighted by atomic mass is 16.5. The number of nitrogens with two attached hydrogens (primary N) is 1. The van der Waals surface area contributed by atoms with E-state index in [-0.39, 0.29) is 0 Å². The number of hydrogen-bond acceptors (Lipinski definition) is 3. The molecule has 1 heterocycles. The Morgan fingerprint density at radius 3 is 2.50 bits per heavy atom. The molecule has 1 aromatic carbocycles. The maximum Gasteiger partial charge on any atom is 0.138 e. The third kappa shape index (κ3) is 2.50. The van der Waals surface area contributed by atoms with Gasteiger partial charge in [-0.1, -0.05) is 48.7 Å². The summed E-state index contributed by atoms with van der Waals surface area (Å²) in [5.74, 6) is 1.56. The fourth-order valence-electron chi connectivity index (χ4n) is 3.21. The summed E-state index contributed by atoms with van der Waals surface area (Å²) in [5, 5.41) is 4.14. The molecular formula is C17H22N2O. The van der Waals surface area contributed by atoms with E-state index in [1.165, 1.54) is 37.7 Å². The second kappa shape index (κ2) is 5.80. The lowest BCUT2D eigenvalue weighted by molar-refractivity contribution is 0.398. The van der Waals surface area contributed by atoms with Crippen LogP contribution in [-0.2, 0) is 6.54 Å². The van der Waals surface area contributed by atoms with Crippen molar-refractivity contribution in [1.82, 2.24) is 5.16 Å². The molecule has 0 saturated heterocycles. The topological polar surface area (TPSA) is 52.0 Å². The van der Waals surface area contributed by atoms with E-state index in [0.717, 1.165) is 28.5 Å². The minimum Gasteiger partial charge on any atom is -0.361 e. The van der Waals surface area contributed by atoms with E-state index in [4.69, 9.17) is 10.3 Å². The van der Waals surface area contributed by atoms with Crippen molar-refractivity contribution in [3.63, 3.8) is 0 Å². The number of benzene rings is 1. The van der Waals surface area contributed by atoms with Gasteiger partial charge in [-0.2, -0.15) is 0 Å². The highest BCUT2D eigenvalue weighted by molar-refractivity contribution is 5.63. The van der Waals surface area contributed by atoms with Gasteiger partial charge in [0.25, 0.3) is 0 Å². The SMILES string of the molecule is Cc1onc(-c2ccc(C3CCCCC3)cc2)c1CN. The molecule has 3 nitrogen and oxygen atoms in total. The zero-order chi connectivity index (χ0) is 13.9. The largest absolute Gasteiger partial charge is 0.361 e. The van der Waals surface area contributed by atoms with Gasteiger partial charge in [-0.25, -0.2) is 0 Å². The summed E-state index contributed by atoms with van der Waals surface area (Å²) >= 11 is 0. The first-order valence-corrected chi connectivity index (χ1v) is 7.55. The third-order valence-corrected chi connectivity index (χ3v) is 4.45. The lowest BCUT2D eigenvalue weighted by Gasteiger charge is -2.22. The molecule has 1 aromatic heterocycles. The van der Waals surface area contributed by atoms with Crippen LogP contribution in [0, 0.1) is 6.92 Å². The van der Waals surface area contributed by atoms with Gasteiger partial charge in [0.1, 0.15) is 11.5 Å². The normalized spacial score (nSPS) is 16.5. The summed E-state index contributed by atoms with van der Waals surface area (Å²) in [6, 6.07) is 8.80. The predicted octanol–water partition coefficient (Wildman–Crippen LogP) is 4.16. The van der Waals surface area contributed by atoms with Crippen molar-refractivity contribution < 1.29 is 4.52 Å². The zero-order valence-corrected chi connectivity index (χ0v) is 12.1. The van der Waals surface area contributed by atoms with E-state index < -0.39 is 0 Å². The molecule has 0 amide bonds. The molecule has 0 unspecified atom stereocenters. The first-order chi connectivity index (χ1) is 9.79. The number of aromatic nitrogens is 1. The molecule has 20 heavy (non-hydrogen) atoms.